The van der Waals surface area contributed by atoms with Gasteiger partial charge in [-0.05, 0) is 51.7 Å². The van der Waals surface area contributed by atoms with Crippen molar-refractivity contribution in [3.63, 3.8) is 0 Å². The summed E-state index contributed by atoms with van der Waals surface area (Å²) in [5.41, 5.74) is 2.48. The lowest BCUT2D eigenvalue weighted by molar-refractivity contribution is 0.0926. The van der Waals surface area contributed by atoms with Gasteiger partial charge in [-0.25, -0.2) is 15.0 Å². The molecule has 1 aliphatic rings. The maximum absolute atomic E-state index is 13.3. The number of nitrogens with one attached hydrogen (secondary N) is 2. The van der Waals surface area contributed by atoms with Crippen molar-refractivity contribution in [3.8, 4) is 11.9 Å². The fourth-order valence-corrected chi connectivity index (χ4v) is 5.45. The summed E-state index contributed by atoms with van der Waals surface area (Å²) in [7, 11) is 0. The number of hydrogen-bond donors (Lipinski definition) is 2. The number of fused-ring (bicyclic) bond motifs is 1. The minimum atomic E-state index is -0.112. The van der Waals surface area contributed by atoms with E-state index >= 15 is 0 Å². The summed E-state index contributed by atoms with van der Waals surface area (Å²) < 4.78 is 1.86. The highest BCUT2D eigenvalue weighted by Gasteiger charge is 2.26. The van der Waals surface area contributed by atoms with E-state index < -0.39 is 0 Å². The molecule has 4 aromatic heterocycles. The van der Waals surface area contributed by atoms with Crippen molar-refractivity contribution in [2.45, 2.75) is 57.5 Å². The first kappa shape index (κ1) is 23.0. The van der Waals surface area contributed by atoms with Gasteiger partial charge in [0, 0.05) is 59.6 Å². The van der Waals surface area contributed by atoms with Gasteiger partial charge in [-0.2, -0.15) is 5.26 Å². The van der Waals surface area contributed by atoms with Crippen LogP contribution in [0.4, 0.5) is 5.69 Å². The first-order valence-electron chi connectivity index (χ1n) is 11.9. The Morgan fingerprint density at radius 1 is 1.17 bits per heavy atom. The molecule has 0 unspecified atom stereocenters. The second-order valence-electron chi connectivity index (χ2n) is 9.21. The molecule has 9 heteroatoms. The number of hydrogen-bond acceptors (Lipinski definition) is 7. The van der Waals surface area contributed by atoms with Crippen LogP contribution in [0.15, 0.2) is 48.4 Å². The maximum atomic E-state index is 13.3. The largest absolute Gasteiger partial charge is 0.382 e. The van der Waals surface area contributed by atoms with Crippen LogP contribution in [-0.2, 0) is 0 Å². The number of carbonyl (C=O) groups is 1. The van der Waals surface area contributed by atoms with Gasteiger partial charge in [0.15, 0.2) is 0 Å². The SMILES string of the molecule is CC(C)Nc1cc(-n2ccc3cc(C#N)cnc32)ncc1C(=O)NC1CCC(c2nccs2)CC1. The maximum Gasteiger partial charge on any atom is 0.255 e. The first-order valence-corrected chi connectivity index (χ1v) is 12.7. The minimum absolute atomic E-state index is 0.112. The molecule has 0 aliphatic heterocycles. The highest BCUT2D eigenvalue weighted by molar-refractivity contribution is 7.09. The Balaban J connectivity index is 1.35. The van der Waals surface area contributed by atoms with Crippen LogP contribution in [0, 0.1) is 11.3 Å². The van der Waals surface area contributed by atoms with Crippen molar-refractivity contribution >= 4 is 34.0 Å². The van der Waals surface area contributed by atoms with Crippen molar-refractivity contribution < 1.29 is 4.79 Å². The van der Waals surface area contributed by atoms with Crippen molar-refractivity contribution in [2.75, 3.05) is 5.32 Å². The van der Waals surface area contributed by atoms with Crippen molar-refractivity contribution in [2.24, 2.45) is 0 Å². The van der Waals surface area contributed by atoms with Crippen LogP contribution in [0.25, 0.3) is 16.9 Å². The van der Waals surface area contributed by atoms with Gasteiger partial charge in [-0.15, -0.1) is 11.3 Å². The molecular formula is C26H27N7OS. The van der Waals surface area contributed by atoms with E-state index in [0.29, 0.717) is 28.5 Å². The highest BCUT2D eigenvalue weighted by atomic mass is 32.1. The molecule has 0 aromatic carbocycles. The topological polar surface area (TPSA) is 109 Å². The Labute approximate surface area is 208 Å². The van der Waals surface area contributed by atoms with Crippen LogP contribution in [0.1, 0.15) is 66.4 Å². The van der Waals surface area contributed by atoms with Gasteiger partial charge >= 0.3 is 0 Å². The first-order chi connectivity index (χ1) is 17.0. The summed E-state index contributed by atoms with van der Waals surface area (Å²) in [4.78, 5) is 26.7. The zero-order valence-electron chi connectivity index (χ0n) is 19.7. The van der Waals surface area contributed by atoms with Crippen LogP contribution in [0.5, 0.6) is 0 Å². The fourth-order valence-electron chi connectivity index (χ4n) is 4.64. The van der Waals surface area contributed by atoms with Gasteiger partial charge in [0.05, 0.1) is 21.8 Å². The Hall–Kier alpha value is -3.77. The molecule has 178 valence electrons. The Bertz CT molecular complexity index is 1380. The Kier molecular flexibility index (Phi) is 6.47. The van der Waals surface area contributed by atoms with Gasteiger partial charge in [0.25, 0.3) is 5.91 Å². The molecule has 4 aromatic rings. The summed E-state index contributed by atoms with van der Waals surface area (Å²) >= 11 is 1.72. The van der Waals surface area contributed by atoms with Crippen LogP contribution < -0.4 is 10.6 Å². The van der Waals surface area contributed by atoms with E-state index in [1.54, 1.807) is 29.8 Å². The van der Waals surface area contributed by atoms with Crippen molar-refractivity contribution in [1.29, 1.82) is 5.26 Å². The number of anilines is 1. The quantitative estimate of drug-likeness (QED) is 0.397. The summed E-state index contributed by atoms with van der Waals surface area (Å²) in [6.45, 7) is 4.08. The molecule has 0 spiro atoms. The molecule has 0 radical (unpaired) electrons. The standard InChI is InChI=1S/C26H27N7OS/c1-16(2)31-22-12-23(33-9-7-19-11-17(13-27)14-30-24(19)33)29-15-21(22)25(34)32-20-5-3-18(4-6-20)26-28-8-10-35-26/h7-12,14-16,18,20H,3-6H2,1-2H3,(H,29,31)(H,32,34). The lowest BCUT2D eigenvalue weighted by Gasteiger charge is -2.28. The van der Waals surface area contributed by atoms with Crippen LogP contribution >= 0.6 is 11.3 Å². The number of nitrogens with zero attached hydrogens (tertiary/aromatic N) is 5. The summed E-state index contributed by atoms with van der Waals surface area (Å²) in [6.07, 6.45) is 10.9. The smallest absolute Gasteiger partial charge is 0.255 e. The number of pyridine rings is 2. The zero-order chi connectivity index (χ0) is 24.4. The molecule has 8 nitrogen and oxygen atoms in total. The third-order valence-corrected chi connectivity index (χ3v) is 7.28. The summed E-state index contributed by atoms with van der Waals surface area (Å²) in [5, 5.41) is 19.9. The van der Waals surface area contributed by atoms with E-state index in [9.17, 15) is 4.79 Å². The fraction of sp³-hybridized carbons (Fsp3) is 0.346. The van der Waals surface area contributed by atoms with Gasteiger partial charge in [-0.3, -0.25) is 9.36 Å². The predicted molar refractivity (Wildman–Crippen MR) is 137 cm³/mol. The van der Waals surface area contributed by atoms with E-state index in [-0.39, 0.29) is 18.0 Å². The molecule has 0 saturated heterocycles. The summed E-state index contributed by atoms with van der Waals surface area (Å²) in [5.74, 6) is 1.04. The molecule has 1 fully saturated rings. The number of thiazole rings is 1. The molecule has 1 amide bonds. The number of carbonyl (C=O) groups excluding carboxylic acids is 1. The molecule has 1 saturated carbocycles. The second-order valence-corrected chi connectivity index (χ2v) is 10.1. The third kappa shape index (κ3) is 4.88. The number of aromatic nitrogens is 4. The zero-order valence-corrected chi connectivity index (χ0v) is 20.5. The highest BCUT2D eigenvalue weighted by Crippen LogP contribution is 2.34. The van der Waals surface area contributed by atoms with Crippen LogP contribution in [-0.4, -0.2) is 37.5 Å². The van der Waals surface area contributed by atoms with Crippen molar-refractivity contribution in [1.82, 2.24) is 24.8 Å². The number of rotatable bonds is 6. The monoisotopic (exact) mass is 485 g/mol. The molecular weight excluding hydrogens is 458 g/mol. The molecule has 2 N–H and O–H groups in total. The molecule has 4 heterocycles. The van der Waals surface area contributed by atoms with Gasteiger partial charge in [-0.1, -0.05) is 0 Å². The van der Waals surface area contributed by atoms with E-state index in [1.165, 1.54) is 5.01 Å². The Morgan fingerprint density at radius 2 is 2.00 bits per heavy atom. The van der Waals surface area contributed by atoms with E-state index in [4.69, 9.17) is 5.26 Å². The second kappa shape index (κ2) is 9.84. The van der Waals surface area contributed by atoms with E-state index in [1.807, 2.05) is 48.3 Å². The van der Waals surface area contributed by atoms with Crippen molar-refractivity contribution in [3.05, 3.63) is 64.5 Å². The summed E-state index contributed by atoms with van der Waals surface area (Å²) in [6, 6.07) is 8.00. The van der Waals surface area contributed by atoms with E-state index in [2.05, 4.69) is 31.7 Å². The molecule has 0 bridgehead atoms. The van der Waals surface area contributed by atoms with E-state index in [0.717, 1.165) is 36.8 Å². The lowest BCUT2D eigenvalue weighted by atomic mass is 9.86. The van der Waals surface area contributed by atoms with Crippen LogP contribution in [0.2, 0.25) is 0 Å². The minimum Gasteiger partial charge on any atom is -0.382 e. The van der Waals surface area contributed by atoms with Gasteiger partial charge < -0.3 is 10.6 Å². The normalized spacial score (nSPS) is 17.9. The lowest BCUT2D eigenvalue weighted by Crippen LogP contribution is -2.37. The number of nitriles is 1. The molecule has 0 atom stereocenters. The average molecular weight is 486 g/mol. The Morgan fingerprint density at radius 3 is 2.71 bits per heavy atom. The van der Waals surface area contributed by atoms with Gasteiger partial charge in [0.1, 0.15) is 17.5 Å². The molecule has 5 rings (SSSR count). The average Bonchev–Trinajstić information content (AvgIpc) is 3.54. The number of amides is 1. The predicted octanol–water partition coefficient (Wildman–Crippen LogP) is 5.03. The molecule has 1 aliphatic carbocycles. The van der Waals surface area contributed by atoms with Crippen LogP contribution in [0.3, 0.4) is 0 Å². The third-order valence-electron chi connectivity index (χ3n) is 6.34. The van der Waals surface area contributed by atoms with Gasteiger partial charge in [0.2, 0.25) is 0 Å². The molecule has 35 heavy (non-hydrogen) atoms.